The lowest BCUT2D eigenvalue weighted by Gasteiger charge is -2.13. The Morgan fingerprint density at radius 3 is 2.32 bits per heavy atom. The molecule has 0 aliphatic heterocycles. The van der Waals surface area contributed by atoms with Gasteiger partial charge >= 0.3 is 5.97 Å². The molecule has 0 aromatic heterocycles. The third-order valence-electron chi connectivity index (χ3n) is 3.65. The fourth-order valence-electron chi connectivity index (χ4n) is 2.23. The standard InChI is InChI=1S/C19H20ClNO4/c1-2-17(19(23)24)25-16-9-3-13(4-10-16)11-12-21-18(22)14-5-7-15(20)8-6-14/h3-10,17H,2,11-12H2,1H3,(H,21,22)(H,23,24). The van der Waals surface area contributed by atoms with Gasteiger partial charge in [-0.15, -0.1) is 0 Å². The molecular weight excluding hydrogens is 342 g/mol. The number of halogens is 1. The fourth-order valence-corrected chi connectivity index (χ4v) is 2.36. The lowest BCUT2D eigenvalue weighted by molar-refractivity contribution is -0.145. The molecule has 0 bridgehead atoms. The molecule has 0 heterocycles. The van der Waals surface area contributed by atoms with E-state index in [0.717, 1.165) is 5.56 Å². The summed E-state index contributed by atoms with van der Waals surface area (Å²) in [5.74, 6) is -0.608. The molecule has 6 heteroatoms. The maximum atomic E-state index is 12.0. The van der Waals surface area contributed by atoms with E-state index in [9.17, 15) is 9.59 Å². The van der Waals surface area contributed by atoms with Crippen LogP contribution in [0.3, 0.4) is 0 Å². The molecule has 5 nitrogen and oxygen atoms in total. The monoisotopic (exact) mass is 361 g/mol. The third-order valence-corrected chi connectivity index (χ3v) is 3.91. The zero-order valence-electron chi connectivity index (χ0n) is 13.9. The van der Waals surface area contributed by atoms with Crippen LogP contribution < -0.4 is 10.1 Å². The van der Waals surface area contributed by atoms with Gasteiger partial charge in [-0.3, -0.25) is 4.79 Å². The van der Waals surface area contributed by atoms with Gasteiger partial charge in [-0.1, -0.05) is 30.7 Å². The zero-order valence-corrected chi connectivity index (χ0v) is 14.6. The van der Waals surface area contributed by atoms with Crippen LogP contribution in [0.5, 0.6) is 5.75 Å². The van der Waals surface area contributed by atoms with Crippen molar-refractivity contribution in [3.05, 3.63) is 64.7 Å². The number of benzene rings is 2. The van der Waals surface area contributed by atoms with E-state index in [2.05, 4.69) is 5.32 Å². The molecule has 1 atom stereocenters. The molecule has 0 saturated heterocycles. The quantitative estimate of drug-likeness (QED) is 0.753. The van der Waals surface area contributed by atoms with Gasteiger partial charge in [0.2, 0.25) is 0 Å². The molecule has 132 valence electrons. The van der Waals surface area contributed by atoms with Crippen LogP contribution in [0.4, 0.5) is 0 Å². The van der Waals surface area contributed by atoms with Gasteiger partial charge in [0.05, 0.1) is 0 Å². The van der Waals surface area contributed by atoms with Crippen LogP contribution in [0.1, 0.15) is 29.3 Å². The Hall–Kier alpha value is -2.53. The normalized spacial score (nSPS) is 11.6. The Kier molecular flexibility index (Phi) is 6.83. The number of amides is 1. The molecule has 1 amide bonds. The van der Waals surface area contributed by atoms with Gasteiger partial charge in [0.15, 0.2) is 6.10 Å². The van der Waals surface area contributed by atoms with Gasteiger partial charge in [0.1, 0.15) is 5.75 Å². The average Bonchev–Trinajstić information content (AvgIpc) is 2.61. The molecule has 2 aromatic rings. The number of hydrogen-bond acceptors (Lipinski definition) is 3. The summed E-state index contributed by atoms with van der Waals surface area (Å²) in [5, 5.41) is 12.4. The molecule has 0 aliphatic rings. The highest BCUT2D eigenvalue weighted by Crippen LogP contribution is 2.15. The topological polar surface area (TPSA) is 75.6 Å². The molecule has 2 N–H and O–H groups in total. The summed E-state index contributed by atoms with van der Waals surface area (Å²) in [7, 11) is 0. The Morgan fingerprint density at radius 1 is 1.12 bits per heavy atom. The van der Waals surface area contributed by atoms with Gasteiger partial charge in [0.25, 0.3) is 5.91 Å². The lowest BCUT2D eigenvalue weighted by atomic mass is 10.1. The largest absolute Gasteiger partial charge is 0.479 e. The summed E-state index contributed by atoms with van der Waals surface area (Å²) in [6, 6.07) is 13.9. The fraction of sp³-hybridized carbons (Fsp3) is 0.263. The van der Waals surface area contributed by atoms with Crippen LogP contribution in [-0.2, 0) is 11.2 Å². The number of carboxylic acid groups (broad SMARTS) is 1. The van der Waals surface area contributed by atoms with Crippen molar-refractivity contribution in [2.45, 2.75) is 25.9 Å². The summed E-state index contributed by atoms with van der Waals surface area (Å²) in [5.41, 5.74) is 1.58. The molecule has 0 saturated carbocycles. The lowest BCUT2D eigenvalue weighted by Crippen LogP contribution is -2.26. The van der Waals surface area contributed by atoms with Gasteiger partial charge < -0.3 is 15.2 Å². The first-order chi connectivity index (χ1) is 12.0. The maximum Gasteiger partial charge on any atom is 0.344 e. The van der Waals surface area contributed by atoms with Crippen molar-refractivity contribution >= 4 is 23.5 Å². The van der Waals surface area contributed by atoms with E-state index in [-0.39, 0.29) is 5.91 Å². The van der Waals surface area contributed by atoms with Crippen molar-refractivity contribution in [2.24, 2.45) is 0 Å². The van der Waals surface area contributed by atoms with E-state index < -0.39 is 12.1 Å². The van der Waals surface area contributed by atoms with Crippen molar-refractivity contribution in [3.63, 3.8) is 0 Å². The van der Waals surface area contributed by atoms with Crippen molar-refractivity contribution in [1.29, 1.82) is 0 Å². The minimum atomic E-state index is -0.975. The average molecular weight is 362 g/mol. The number of carboxylic acids is 1. The van der Waals surface area contributed by atoms with Crippen LogP contribution in [-0.4, -0.2) is 29.6 Å². The summed E-state index contributed by atoms with van der Waals surface area (Å²) in [4.78, 5) is 23.0. The number of carbonyl (C=O) groups excluding carboxylic acids is 1. The van der Waals surface area contributed by atoms with Crippen molar-refractivity contribution in [2.75, 3.05) is 6.54 Å². The molecule has 1 unspecified atom stereocenters. The number of rotatable bonds is 8. The smallest absolute Gasteiger partial charge is 0.344 e. The maximum absolute atomic E-state index is 12.0. The third kappa shape index (κ3) is 5.80. The van der Waals surface area contributed by atoms with Gasteiger partial charge in [-0.25, -0.2) is 4.79 Å². The van der Waals surface area contributed by atoms with Gasteiger partial charge in [-0.2, -0.15) is 0 Å². The summed E-state index contributed by atoms with van der Waals surface area (Å²) in [6.07, 6.45) is 0.216. The van der Waals surface area contributed by atoms with Crippen LogP contribution in [0, 0.1) is 0 Å². The summed E-state index contributed by atoms with van der Waals surface area (Å²) in [6.45, 7) is 2.25. The minimum Gasteiger partial charge on any atom is -0.479 e. The van der Waals surface area contributed by atoms with Crippen molar-refractivity contribution < 1.29 is 19.4 Å². The highest BCUT2D eigenvalue weighted by Gasteiger charge is 2.16. The van der Waals surface area contributed by atoms with E-state index >= 15 is 0 Å². The Balaban J connectivity index is 1.82. The highest BCUT2D eigenvalue weighted by molar-refractivity contribution is 6.30. The van der Waals surface area contributed by atoms with Crippen molar-refractivity contribution in [1.82, 2.24) is 5.32 Å². The number of carbonyl (C=O) groups is 2. The van der Waals surface area contributed by atoms with Crippen LogP contribution in [0.25, 0.3) is 0 Å². The molecule has 0 radical (unpaired) electrons. The van der Waals surface area contributed by atoms with E-state index in [1.807, 2.05) is 12.1 Å². The summed E-state index contributed by atoms with van der Waals surface area (Å²) < 4.78 is 5.41. The molecule has 0 aliphatic carbocycles. The van der Waals surface area contributed by atoms with E-state index in [0.29, 0.717) is 35.7 Å². The molecule has 25 heavy (non-hydrogen) atoms. The van der Waals surface area contributed by atoms with E-state index in [1.54, 1.807) is 43.3 Å². The minimum absolute atomic E-state index is 0.149. The number of aliphatic carboxylic acids is 1. The van der Waals surface area contributed by atoms with Crippen molar-refractivity contribution in [3.8, 4) is 5.75 Å². The zero-order chi connectivity index (χ0) is 18.2. The van der Waals surface area contributed by atoms with Crippen LogP contribution in [0.15, 0.2) is 48.5 Å². The first-order valence-electron chi connectivity index (χ1n) is 8.01. The second-order valence-electron chi connectivity index (χ2n) is 5.51. The second-order valence-corrected chi connectivity index (χ2v) is 5.95. The number of nitrogens with one attached hydrogen (secondary N) is 1. The van der Waals surface area contributed by atoms with Gasteiger partial charge in [-0.05, 0) is 54.8 Å². The number of hydrogen-bond donors (Lipinski definition) is 2. The Morgan fingerprint density at radius 2 is 1.76 bits per heavy atom. The second kappa shape index (κ2) is 9.08. The first kappa shape index (κ1) is 18.8. The van der Waals surface area contributed by atoms with E-state index in [1.165, 1.54) is 0 Å². The highest BCUT2D eigenvalue weighted by atomic mass is 35.5. The molecule has 0 fully saturated rings. The SMILES string of the molecule is CCC(Oc1ccc(CCNC(=O)c2ccc(Cl)cc2)cc1)C(=O)O. The van der Waals surface area contributed by atoms with E-state index in [4.69, 9.17) is 21.4 Å². The predicted molar refractivity (Wildman–Crippen MR) is 96.3 cm³/mol. The first-order valence-corrected chi connectivity index (χ1v) is 8.39. The molecular formula is C19H20ClNO4. The van der Waals surface area contributed by atoms with Gasteiger partial charge in [0, 0.05) is 17.1 Å². The molecule has 0 spiro atoms. The molecule has 2 rings (SSSR count). The predicted octanol–water partition coefficient (Wildman–Crippen LogP) is 3.55. The van der Waals surface area contributed by atoms with Crippen LogP contribution >= 0.6 is 11.6 Å². The summed E-state index contributed by atoms with van der Waals surface area (Å²) >= 11 is 5.80. The van der Waals surface area contributed by atoms with Crippen LogP contribution in [0.2, 0.25) is 5.02 Å². The Labute approximate surface area is 151 Å². The molecule has 2 aromatic carbocycles. The Bertz CT molecular complexity index is 713. The number of ether oxygens (including phenoxy) is 1.